The minimum absolute atomic E-state index is 0.0548. The Morgan fingerprint density at radius 2 is 1.76 bits per heavy atom. The van der Waals surface area contributed by atoms with Gasteiger partial charge in [-0.15, -0.1) is 0 Å². The lowest BCUT2D eigenvalue weighted by molar-refractivity contribution is -0.384. The molecule has 1 fully saturated rings. The van der Waals surface area contributed by atoms with Gasteiger partial charge in [0.2, 0.25) is 0 Å². The molecule has 2 amide bonds. The van der Waals surface area contributed by atoms with E-state index in [1.807, 2.05) is 38.1 Å². The third-order valence-electron chi connectivity index (χ3n) is 5.46. The zero-order valence-corrected chi connectivity index (χ0v) is 22.5. The number of amides is 2. The molecule has 0 spiro atoms. The number of carbonyl (C=O) groups excluding carboxylic acids is 2. The third kappa shape index (κ3) is 6.39. The monoisotopic (exact) mass is 582 g/mol. The Morgan fingerprint density at radius 3 is 2.49 bits per heavy atom. The highest BCUT2D eigenvalue weighted by Crippen LogP contribution is 2.39. The van der Waals surface area contributed by atoms with E-state index in [0.29, 0.717) is 40.3 Å². The number of aryl methyl sites for hydroxylation is 1. The first-order valence-corrected chi connectivity index (χ1v) is 13.0. The SMILES string of the molecule is CCOc1cc(/C=C2/SC(=O)N(Cc3cccc([N+](=O)[O-])c3)C2=O)c(Br)cc1OCc1cccc(C)c1. The highest BCUT2D eigenvalue weighted by Gasteiger charge is 2.35. The van der Waals surface area contributed by atoms with Crippen molar-refractivity contribution < 1.29 is 24.0 Å². The van der Waals surface area contributed by atoms with Gasteiger partial charge in [-0.25, -0.2) is 0 Å². The van der Waals surface area contributed by atoms with Crippen molar-refractivity contribution in [3.05, 3.63) is 102 Å². The molecule has 1 aliphatic rings. The molecule has 0 atom stereocenters. The topological polar surface area (TPSA) is 99.0 Å². The van der Waals surface area contributed by atoms with Crippen LogP contribution in [0, 0.1) is 17.0 Å². The van der Waals surface area contributed by atoms with Crippen molar-refractivity contribution in [2.45, 2.75) is 27.0 Å². The Morgan fingerprint density at radius 1 is 1.03 bits per heavy atom. The average Bonchev–Trinajstić information content (AvgIpc) is 3.12. The maximum absolute atomic E-state index is 13.0. The standard InChI is InChI=1S/C27H23BrN2O6S/c1-3-35-23-12-20(22(28)14-24(23)36-16-19-8-4-6-17(2)10-19)13-25-26(31)29(27(32)37-25)15-18-7-5-9-21(11-18)30(33)34/h4-14H,3,15-16H2,1-2H3/b25-13+. The predicted molar refractivity (Wildman–Crippen MR) is 145 cm³/mol. The zero-order valence-electron chi connectivity index (χ0n) is 20.1. The molecule has 190 valence electrons. The van der Waals surface area contributed by atoms with Crippen molar-refractivity contribution in [1.82, 2.24) is 4.90 Å². The number of hydrogen-bond acceptors (Lipinski definition) is 7. The molecule has 10 heteroatoms. The second-order valence-corrected chi connectivity index (χ2v) is 10.1. The average molecular weight is 583 g/mol. The number of halogens is 1. The molecule has 0 radical (unpaired) electrons. The number of ether oxygens (including phenoxy) is 2. The van der Waals surface area contributed by atoms with Crippen LogP contribution in [-0.2, 0) is 17.9 Å². The van der Waals surface area contributed by atoms with E-state index in [9.17, 15) is 19.7 Å². The molecular weight excluding hydrogens is 560 g/mol. The molecule has 1 aliphatic heterocycles. The van der Waals surface area contributed by atoms with Crippen LogP contribution in [0.25, 0.3) is 6.08 Å². The fourth-order valence-electron chi connectivity index (χ4n) is 3.73. The van der Waals surface area contributed by atoms with E-state index in [4.69, 9.17) is 9.47 Å². The molecule has 0 bridgehead atoms. The molecule has 1 saturated heterocycles. The molecule has 8 nitrogen and oxygen atoms in total. The quantitative estimate of drug-likeness (QED) is 0.154. The number of imide groups is 1. The van der Waals surface area contributed by atoms with Gasteiger partial charge in [0.05, 0.1) is 23.0 Å². The molecule has 0 N–H and O–H groups in total. The third-order valence-corrected chi connectivity index (χ3v) is 7.06. The fraction of sp³-hybridized carbons (Fsp3) is 0.185. The summed E-state index contributed by atoms with van der Waals surface area (Å²) in [7, 11) is 0. The molecule has 4 rings (SSSR count). The number of benzene rings is 3. The summed E-state index contributed by atoms with van der Waals surface area (Å²) in [6, 6.07) is 17.4. The maximum Gasteiger partial charge on any atom is 0.293 e. The van der Waals surface area contributed by atoms with Gasteiger partial charge in [0.15, 0.2) is 11.5 Å². The Hall–Kier alpha value is -3.63. The molecule has 3 aromatic carbocycles. The summed E-state index contributed by atoms with van der Waals surface area (Å²) >= 11 is 4.36. The highest BCUT2D eigenvalue weighted by atomic mass is 79.9. The molecule has 0 aliphatic carbocycles. The highest BCUT2D eigenvalue weighted by molar-refractivity contribution is 9.10. The summed E-state index contributed by atoms with van der Waals surface area (Å²) in [4.78, 5) is 37.5. The van der Waals surface area contributed by atoms with E-state index in [0.717, 1.165) is 27.8 Å². The van der Waals surface area contributed by atoms with Gasteiger partial charge in [0.1, 0.15) is 6.61 Å². The van der Waals surface area contributed by atoms with Gasteiger partial charge >= 0.3 is 0 Å². The van der Waals surface area contributed by atoms with Crippen molar-refractivity contribution in [2.24, 2.45) is 0 Å². The first-order chi connectivity index (χ1) is 17.7. The Bertz CT molecular complexity index is 1410. The van der Waals surface area contributed by atoms with Gasteiger partial charge < -0.3 is 9.47 Å². The van der Waals surface area contributed by atoms with E-state index in [2.05, 4.69) is 15.9 Å². The molecule has 37 heavy (non-hydrogen) atoms. The fourth-order valence-corrected chi connectivity index (χ4v) is 5.00. The Balaban J connectivity index is 1.55. The van der Waals surface area contributed by atoms with E-state index in [-0.39, 0.29) is 17.1 Å². The molecule has 1 heterocycles. The lowest BCUT2D eigenvalue weighted by Crippen LogP contribution is -2.27. The minimum Gasteiger partial charge on any atom is -0.490 e. The zero-order chi connectivity index (χ0) is 26.5. The van der Waals surface area contributed by atoms with Crippen LogP contribution in [0.3, 0.4) is 0 Å². The van der Waals surface area contributed by atoms with Crippen molar-refractivity contribution in [3.8, 4) is 11.5 Å². The molecule has 0 saturated carbocycles. The first-order valence-electron chi connectivity index (χ1n) is 11.4. The Labute approximate surface area is 226 Å². The summed E-state index contributed by atoms with van der Waals surface area (Å²) < 4.78 is 12.5. The maximum atomic E-state index is 13.0. The van der Waals surface area contributed by atoms with Crippen LogP contribution < -0.4 is 9.47 Å². The summed E-state index contributed by atoms with van der Waals surface area (Å²) in [5, 5.41) is 10.6. The molecule has 3 aromatic rings. The van der Waals surface area contributed by atoms with E-state index < -0.39 is 16.1 Å². The van der Waals surface area contributed by atoms with Gasteiger partial charge in [-0.3, -0.25) is 24.6 Å². The number of rotatable bonds is 9. The second-order valence-electron chi connectivity index (χ2n) is 8.23. The first kappa shape index (κ1) is 26.4. The van der Waals surface area contributed by atoms with Crippen molar-refractivity contribution in [2.75, 3.05) is 6.61 Å². The van der Waals surface area contributed by atoms with Crippen LogP contribution in [-0.4, -0.2) is 27.6 Å². The number of nitro benzene ring substituents is 1. The lowest BCUT2D eigenvalue weighted by Gasteiger charge is -2.14. The van der Waals surface area contributed by atoms with E-state index >= 15 is 0 Å². The predicted octanol–water partition coefficient (Wildman–Crippen LogP) is 6.88. The van der Waals surface area contributed by atoms with Crippen molar-refractivity contribution >= 4 is 50.6 Å². The van der Waals surface area contributed by atoms with Gasteiger partial charge in [-0.05, 0) is 60.5 Å². The minimum atomic E-state index is -0.515. The lowest BCUT2D eigenvalue weighted by atomic mass is 10.1. The van der Waals surface area contributed by atoms with Gasteiger partial charge in [-0.2, -0.15) is 0 Å². The van der Waals surface area contributed by atoms with Crippen LogP contribution in [0.1, 0.15) is 29.2 Å². The van der Waals surface area contributed by atoms with Crippen molar-refractivity contribution in [1.29, 1.82) is 0 Å². The molecular formula is C27H23BrN2O6S. The van der Waals surface area contributed by atoms with Crippen LogP contribution >= 0.6 is 27.7 Å². The van der Waals surface area contributed by atoms with Gasteiger partial charge in [0.25, 0.3) is 16.8 Å². The Kier molecular flexibility index (Phi) is 8.30. The van der Waals surface area contributed by atoms with Crippen LogP contribution in [0.15, 0.2) is 70.0 Å². The summed E-state index contributed by atoms with van der Waals surface area (Å²) in [5.41, 5.74) is 3.21. The normalized spacial score (nSPS) is 14.4. The van der Waals surface area contributed by atoms with Crippen molar-refractivity contribution in [3.63, 3.8) is 0 Å². The number of hydrogen-bond donors (Lipinski definition) is 0. The molecule has 0 aromatic heterocycles. The van der Waals surface area contributed by atoms with Crippen LogP contribution in [0.5, 0.6) is 11.5 Å². The largest absolute Gasteiger partial charge is 0.490 e. The van der Waals surface area contributed by atoms with Crippen LogP contribution in [0.4, 0.5) is 10.5 Å². The number of non-ortho nitro benzene ring substituents is 1. The second kappa shape index (κ2) is 11.6. The summed E-state index contributed by atoms with van der Waals surface area (Å²) in [6.07, 6.45) is 1.62. The van der Waals surface area contributed by atoms with Crippen LogP contribution in [0.2, 0.25) is 0 Å². The van der Waals surface area contributed by atoms with Gasteiger partial charge in [0, 0.05) is 16.6 Å². The number of carbonyl (C=O) groups is 2. The number of nitrogens with zero attached hydrogens (tertiary/aromatic N) is 2. The van der Waals surface area contributed by atoms with E-state index in [1.165, 1.54) is 18.2 Å². The smallest absolute Gasteiger partial charge is 0.293 e. The van der Waals surface area contributed by atoms with Gasteiger partial charge in [-0.1, -0.05) is 57.9 Å². The summed E-state index contributed by atoms with van der Waals surface area (Å²) in [6.45, 7) is 4.61. The molecule has 0 unspecified atom stereocenters. The number of nitro groups is 1. The van der Waals surface area contributed by atoms with E-state index in [1.54, 1.807) is 24.3 Å². The summed E-state index contributed by atoms with van der Waals surface area (Å²) in [5.74, 6) is 0.595. The number of thioether (sulfide) groups is 1.